The smallest absolute Gasteiger partial charge is 0.333 e. The summed E-state index contributed by atoms with van der Waals surface area (Å²) in [5, 5.41) is 3.44. The van der Waals surface area contributed by atoms with Crippen LogP contribution in [0.5, 0.6) is 0 Å². The standard InChI is InChI=1S/C24H30N4O5/c1-16-14-17(2)26-20(16)15-19-8-7-18(27-19)9-10-21(29)25-13-5-3-4-6-24(32)33-28-22(30)11-12-23(28)31/h7-8,14-15,26H,3-6,9-13H2,1-2H3,(H,25,29)/b19-15-. The molecule has 0 bridgehead atoms. The van der Waals surface area contributed by atoms with Crippen LogP contribution < -0.4 is 5.32 Å². The van der Waals surface area contributed by atoms with Crippen LogP contribution in [-0.2, 0) is 24.0 Å². The minimum absolute atomic E-state index is 0.0372. The number of H-pyrrole nitrogens is 1. The van der Waals surface area contributed by atoms with Gasteiger partial charge in [0.2, 0.25) is 5.91 Å². The van der Waals surface area contributed by atoms with Crippen LogP contribution in [0.3, 0.4) is 0 Å². The number of carbonyl (C=O) groups excluding carboxylic acids is 4. The molecule has 3 rings (SSSR count). The fourth-order valence-electron chi connectivity index (χ4n) is 3.62. The number of aromatic nitrogens is 1. The average molecular weight is 455 g/mol. The second-order valence-electron chi connectivity index (χ2n) is 8.26. The summed E-state index contributed by atoms with van der Waals surface area (Å²) < 4.78 is 0. The molecular formula is C24H30N4O5. The first-order chi connectivity index (χ1) is 15.8. The first-order valence-electron chi connectivity index (χ1n) is 11.3. The first-order valence-corrected chi connectivity index (χ1v) is 11.3. The van der Waals surface area contributed by atoms with E-state index in [4.69, 9.17) is 4.84 Å². The number of hydrogen-bond donors (Lipinski definition) is 2. The topological polar surface area (TPSA) is 121 Å². The van der Waals surface area contributed by atoms with Gasteiger partial charge >= 0.3 is 5.97 Å². The second kappa shape index (κ2) is 11.4. The van der Waals surface area contributed by atoms with E-state index in [-0.39, 0.29) is 25.2 Å². The van der Waals surface area contributed by atoms with Crippen molar-refractivity contribution >= 4 is 35.5 Å². The maximum absolute atomic E-state index is 12.1. The molecule has 1 fully saturated rings. The van der Waals surface area contributed by atoms with Crippen molar-refractivity contribution in [3.05, 3.63) is 40.9 Å². The Morgan fingerprint density at radius 1 is 1.12 bits per heavy atom. The van der Waals surface area contributed by atoms with E-state index < -0.39 is 17.8 Å². The largest absolute Gasteiger partial charge is 0.359 e. The summed E-state index contributed by atoms with van der Waals surface area (Å²) in [6.07, 6.45) is 9.11. The van der Waals surface area contributed by atoms with Crippen LogP contribution in [0.1, 0.15) is 68.3 Å². The van der Waals surface area contributed by atoms with Crippen LogP contribution in [0, 0.1) is 13.8 Å². The number of amides is 3. The molecule has 9 nitrogen and oxygen atoms in total. The number of hydroxylamine groups is 2. The molecule has 0 aromatic carbocycles. The normalized spacial score (nSPS) is 16.6. The maximum Gasteiger partial charge on any atom is 0.333 e. The van der Waals surface area contributed by atoms with Gasteiger partial charge in [0, 0.05) is 49.3 Å². The number of aromatic amines is 1. The average Bonchev–Trinajstić information content (AvgIpc) is 3.44. The van der Waals surface area contributed by atoms with Crippen molar-refractivity contribution < 1.29 is 24.0 Å². The van der Waals surface area contributed by atoms with Crippen LogP contribution in [-0.4, -0.2) is 46.0 Å². The van der Waals surface area contributed by atoms with Crippen molar-refractivity contribution in [3.63, 3.8) is 0 Å². The number of imide groups is 1. The molecule has 2 aliphatic rings. The van der Waals surface area contributed by atoms with Gasteiger partial charge in [0.15, 0.2) is 0 Å². The molecule has 176 valence electrons. The van der Waals surface area contributed by atoms with E-state index in [0.29, 0.717) is 30.9 Å². The molecule has 1 aromatic rings. The molecular weight excluding hydrogens is 424 g/mol. The van der Waals surface area contributed by atoms with Gasteiger partial charge < -0.3 is 15.1 Å². The van der Waals surface area contributed by atoms with Crippen LogP contribution in [0.15, 0.2) is 28.9 Å². The highest BCUT2D eigenvalue weighted by atomic mass is 16.7. The molecule has 0 unspecified atom stereocenters. The third-order valence-electron chi connectivity index (χ3n) is 5.39. The maximum atomic E-state index is 12.1. The molecule has 0 aliphatic carbocycles. The minimum Gasteiger partial charge on any atom is -0.359 e. The second-order valence-corrected chi connectivity index (χ2v) is 8.26. The predicted octanol–water partition coefficient (Wildman–Crippen LogP) is 3.05. The summed E-state index contributed by atoms with van der Waals surface area (Å²) >= 11 is 0. The zero-order valence-electron chi connectivity index (χ0n) is 19.1. The number of nitrogens with one attached hydrogen (secondary N) is 2. The van der Waals surface area contributed by atoms with Gasteiger partial charge in [-0.15, -0.1) is 5.06 Å². The zero-order valence-corrected chi connectivity index (χ0v) is 19.1. The lowest BCUT2D eigenvalue weighted by Crippen LogP contribution is -2.31. The van der Waals surface area contributed by atoms with Crippen molar-refractivity contribution in [2.75, 3.05) is 6.54 Å². The van der Waals surface area contributed by atoms with Gasteiger partial charge in [-0.05, 0) is 63.0 Å². The minimum atomic E-state index is -0.594. The summed E-state index contributed by atoms with van der Waals surface area (Å²) in [5.74, 6) is -1.59. The van der Waals surface area contributed by atoms with Gasteiger partial charge in [-0.25, -0.2) is 4.79 Å². The zero-order chi connectivity index (χ0) is 23.8. The number of rotatable bonds is 11. The monoisotopic (exact) mass is 454 g/mol. The van der Waals surface area contributed by atoms with Crippen LogP contribution in [0.4, 0.5) is 0 Å². The molecule has 1 saturated heterocycles. The van der Waals surface area contributed by atoms with Gasteiger partial charge in [0.25, 0.3) is 11.8 Å². The van der Waals surface area contributed by atoms with Crippen molar-refractivity contribution in [2.24, 2.45) is 4.99 Å². The Morgan fingerprint density at radius 3 is 2.58 bits per heavy atom. The van der Waals surface area contributed by atoms with Crippen LogP contribution >= 0.6 is 0 Å². The number of carbonyl (C=O) groups is 4. The Morgan fingerprint density at radius 2 is 1.88 bits per heavy atom. The van der Waals surface area contributed by atoms with Crippen molar-refractivity contribution in [1.82, 2.24) is 15.4 Å². The molecule has 0 radical (unpaired) electrons. The van der Waals surface area contributed by atoms with E-state index >= 15 is 0 Å². The lowest BCUT2D eigenvalue weighted by molar-refractivity contribution is -0.197. The molecule has 0 spiro atoms. The van der Waals surface area contributed by atoms with Crippen LogP contribution in [0.2, 0.25) is 0 Å². The summed E-state index contributed by atoms with van der Waals surface area (Å²) in [7, 11) is 0. The number of nitrogens with zero attached hydrogens (tertiary/aromatic N) is 2. The molecule has 9 heteroatoms. The van der Waals surface area contributed by atoms with Gasteiger partial charge in [0.1, 0.15) is 0 Å². The van der Waals surface area contributed by atoms with Crippen molar-refractivity contribution in [2.45, 2.75) is 65.2 Å². The van der Waals surface area contributed by atoms with Crippen molar-refractivity contribution in [3.8, 4) is 0 Å². The van der Waals surface area contributed by atoms with Crippen LogP contribution in [0.25, 0.3) is 6.08 Å². The highest BCUT2D eigenvalue weighted by Crippen LogP contribution is 2.18. The lowest BCUT2D eigenvalue weighted by atomic mass is 10.2. The highest BCUT2D eigenvalue weighted by molar-refractivity contribution is 6.02. The molecule has 1 aromatic heterocycles. The number of allylic oxidation sites excluding steroid dienone is 2. The van der Waals surface area contributed by atoms with Gasteiger partial charge in [-0.1, -0.05) is 6.42 Å². The molecule has 3 amide bonds. The SMILES string of the molecule is Cc1cc(C)c(/C=C2/C=CC(CCC(=O)NCCCCCC(=O)ON3C(=O)CCC3=O)=N2)[nH]1. The molecule has 0 saturated carbocycles. The van der Waals surface area contributed by atoms with E-state index in [2.05, 4.69) is 21.4 Å². The number of hydrogen-bond acceptors (Lipinski definition) is 6. The number of aryl methyl sites for hydroxylation is 2. The number of aliphatic imine (C=N–C) groups is 1. The molecule has 3 heterocycles. The van der Waals surface area contributed by atoms with E-state index in [0.717, 1.165) is 35.6 Å². The van der Waals surface area contributed by atoms with Gasteiger partial charge in [-0.3, -0.25) is 19.4 Å². The Labute approximate surface area is 192 Å². The summed E-state index contributed by atoms with van der Waals surface area (Å²) in [4.78, 5) is 59.3. The van der Waals surface area contributed by atoms with E-state index in [1.54, 1.807) is 0 Å². The lowest BCUT2D eigenvalue weighted by Gasteiger charge is -2.12. The summed E-state index contributed by atoms with van der Waals surface area (Å²) in [6, 6.07) is 2.09. The number of unbranched alkanes of at least 4 members (excludes halogenated alkanes) is 2. The van der Waals surface area contributed by atoms with E-state index in [1.807, 2.05) is 32.1 Å². The fourth-order valence-corrected chi connectivity index (χ4v) is 3.62. The Hall–Kier alpha value is -3.49. The molecule has 33 heavy (non-hydrogen) atoms. The fraction of sp³-hybridized carbons (Fsp3) is 0.458. The summed E-state index contributed by atoms with van der Waals surface area (Å²) in [6.45, 7) is 4.59. The molecule has 0 atom stereocenters. The Bertz CT molecular complexity index is 1000. The first kappa shape index (κ1) is 24.2. The van der Waals surface area contributed by atoms with Crippen molar-refractivity contribution in [1.29, 1.82) is 0 Å². The summed E-state index contributed by atoms with van der Waals surface area (Å²) in [5.41, 5.74) is 5.07. The highest BCUT2D eigenvalue weighted by Gasteiger charge is 2.32. The Balaban J connectivity index is 1.26. The third-order valence-corrected chi connectivity index (χ3v) is 5.39. The predicted molar refractivity (Wildman–Crippen MR) is 123 cm³/mol. The van der Waals surface area contributed by atoms with Gasteiger partial charge in [0.05, 0.1) is 5.70 Å². The van der Waals surface area contributed by atoms with E-state index in [9.17, 15) is 19.2 Å². The third kappa shape index (κ3) is 7.27. The molecule has 2 N–H and O–H groups in total. The quantitative estimate of drug-likeness (QED) is 0.393. The Kier molecular flexibility index (Phi) is 8.34. The molecule has 2 aliphatic heterocycles. The van der Waals surface area contributed by atoms with E-state index in [1.165, 1.54) is 5.56 Å². The van der Waals surface area contributed by atoms with Gasteiger partial charge in [-0.2, -0.15) is 0 Å².